The summed E-state index contributed by atoms with van der Waals surface area (Å²) in [7, 11) is 0. The molecule has 1 saturated heterocycles. The Morgan fingerprint density at radius 1 is 1.18 bits per heavy atom. The Labute approximate surface area is 103 Å². The van der Waals surface area contributed by atoms with Gasteiger partial charge in [0, 0.05) is 12.5 Å². The zero-order chi connectivity index (χ0) is 12.1. The van der Waals surface area contributed by atoms with E-state index in [1.165, 1.54) is 24.8 Å². The molecule has 1 aliphatic rings. The van der Waals surface area contributed by atoms with Crippen LogP contribution in [0.1, 0.15) is 37.3 Å². The van der Waals surface area contributed by atoms with E-state index in [1.54, 1.807) is 0 Å². The van der Waals surface area contributed by atoms with Gasteiger partial charge >= 0.3 is 0 Å². The normalized spacial score (nSPS) is 18.8. The highest BCUT2D eigenvalue weighted by molar-refractivity contribution is 5.74. The van der Waals surface area contributed by atoms with Crippen LogP contribution in [0.15, 0.2) is 30.3 Å². The first-order valence-electron chi connectivity index (χ1n) is 6.34. The number of rotatable bonds is 4. The number of likely N-dealkylation sites (tertiary alicyclic amines) is 1. The summed E-state index contributed by atoms with van der Waals surface area (Å²) in [6.07, 6.45) is 4.17. The van der Waals surface area contributed by atoms with Crippen molar-refractivity contribution in [2.45, 2.75) is 31.7 Å². The van der Waals surface area contributed by atoms with Crippen LogP contribution in [0.4, 0.5) is 0 Å². The second-order valence-electron chi connectivity index (χ2n) is 4.69. The minimum Gasteiger partial charge on any atom is -0.370 e. The number of piperidine rings is 1. The molecular formula is C14H20N2O. The molecule has 3 nitrogen and oxygen atoms in total. The van der Waals surface area contributed by atoms with E-state index in [9.17, 15) is 4.79 Å². The largest absolute Gasteiger partial charge is 0.370 e. The summed E-state index contributed by atoms with van der Waals surface area (Å²) >= 11 is 0. The number of nitrogens with two attached hydrogens (primary N) is 1. The van der Waals surface area contributed by atoms with Gasteiger partial charge in [0.2, 0.25) is 5.91 Å². The maximum Gasteiger partial charge on any atom is 0.219 e. The van der Waals surface area contributed by atoms with E-state index in [1.807, 2.05) is 18.2 Å². The second kappa shape index (κ2) is 5.82. The standard InChI is InChI=1S/C14H20N2O/c15-14(17)11-13(12-7-3-1-4-8-12)16-9-5-2-6-10-16/h1,3-4,7-8,13H,2,5-6,9-11H2,(H2,15,17). The average Bonchev–Trinajstić information content (AvgIpc) is 2.38. The Bertz CT molecular complexity index is 358. The second-order valence-corrected chi connectivity index (χ2v) is 4.69. The zero-order valence-electron chi connectivity index (χ0n) is 10.1. The fourth-order valence-electron chi connectivity index (χ4n) is 2.55. The van der Waals surface area contributed by atoms with Crippen LogP contribution >= 0.6 is 0 Å². The van der Waals surface area contributed by atoms with Gasteiger partial charge in [-0.25, -0.2) is 0 Å². The minimum atomic E-state index is -0.218. The van der Waals surface area contributed by atoms with Crippen molar-refractivity contribution < 1.29 is 4.79 Å². The molecule has 3 heteroatoms. The number of nitrogens with zero attached hydrogens (tertiary/aromatic N) is 1. The maximum absolute atomic E-state index is 11.2. The molecule has 0 saturated carbocycles. The van der Waals surface area contributed by atoms with Gasteiger partial charge in [-0.2, -0.15) is 0 Å². The van der Waals surface area contributed by atoms with E-state index in [0.717, 1.165) is 13.1 Å². The molecule has 0 radical (unpaired) electrons. The molecule has 92 valence electrons. The van der Waals surface area contributed by atoms with Gasteiger partial charge in [0.1, 0.15) is 0 Å². The highest BCUT2D eigenvalue weighted by atomic mass is 16.1. The van der Waals surface area contributed by atoms with Crippen molar-refractivity contribution in [3.63, 3.8) is 0 Å². The molecule has 2 rings (SSSR count). The molecule has 1 aliphatic heterocycles. The third-order valence-electron chi connectivity index (χ3n) is 3.41. The molecule has 1 fully saturated rings. The summed E-state index contributed by atoms with van der Waals surface area (Å²) in [5, 5.41) is 0. The summed E-state index contributed by atoms with van der Waals surface area (Å²) in [6.45, 7) is 2.15. The molecule has 1 heterocycles. The maximum atomic E-state index is 11.2. The number of benzene rings is 1. The third kappa shape index (κ3) is 3.30. The van der Waals surface area contributed by atoms with Crippen LogP contribution in [-0.4, -0.2) is 23.9 Å². The number of hydrogen-bond acceptors (Lipinski definition) is 2. The highest BCUT2D eigenvalue weighted by Gasteiger charge is 2.23. The Hall–Kier alpha value is -1.35. The molecule has 0 aromatic heterocycles. The predicted octanol–water partition coefficient (Wildman–Crippen LogP) is 2.09. The average molecular weight is 232 g/mol. The topological polar surface area (TPSA) is 46.3 Å². The van der Waals surface area contributed by atoms with Gasteiger partial charge < -0.3 is 5.73 Å². The molecule has 1 aromatic rings. The lowest BCUT2D eigenvalue weighted by atomic mass is 9.99. The lowest BCUT2D eigenvalue weighted by Crippen LogP contribution is -2.36. The fourth-order valence-corrected chi connectivity index (χ4v) is 2.55. The van der Waals surface area contributed by atoms with E-state index in [-0.39, 0.29) is 11.9 Å². The molecule has 2 N–H and O–H groups in total. The smallest absolute Gasteiger partial charge is 0.219 e. The molecule has 0 spiro atoms. The molecule has 1 aromatic carbocycles. The molecule has 0 aliphatic carbocycles. The molecule has 0 bridgehead atoms. The van der Waals surface area contributed by atoms with Crippen molar-refractivity contribution in [2.75, 3.05) is 13.1 Å². The van der Waals surface area contributed by atoms with Gasteiger partial charge in [0.05, 0.1) is 0 Å². The zero-order valence-corrected chi connectivity index (χ0v) is 10.1. The Balaban J connectivity index is 2.15. The van der Waals surface area contributed by atoms with Crippen LogP contribution < -0.4 is 5.73 Å². The molecule has 1 amide bonds. The van der Waals surface area contributed by atoms with Gasteiger partial charge in [-0.3, -0.25) is 9.69 Å². The lowest BCUT2D eigenvalue weighted by molar-refractivity contribution is -0.119. The van der Waals surface area contributed by atoms with Crippen molar-refractivity contribution in [1.29, 1.82) is 0 Å². The summed E-state index contributed by atoms with van der Waals surface area (Å²) < 4.78 is 0. The number of amides is 1. The highest BCUT2D eigenvalue weighted by Crippen LogP contribution is 2.27. The third-order valence-corrected chi connectivity index (χ3v) is 3.41. The molecular weight excluding hydrogens is 212 g/mol. The van der Waals surface area contributed by atoms with E-state index < -0.39 is 0 Å². The van der Waals surface area contributed by atoms with Crippen LogP contribution in [-0.2, 0) is 4.79 Å². The monoisotopic (exact) mass is 232 g/mol. The van der Waals surface area contributed by atoms with Crippen LogP contribution in [0.2, 0.25) is 0 Å². The summed E-state index contributed by atoms with van der Waals surface area (Å²) in [6, 6.07) is 10.4. The van der Waals surface area contributed by atoms with E-state index >= 15 is 0 Å². The molecule has 1 atom stereocenters. The SMILES string of the molecule is NC(=O)CC(c1ccccc1)N1CCCCC1. The van der Waals surface area contributed by atoms with E-state index in [0.29, 0.717) is 6.42 Å². The summed E-state index contributed by atoms with van der Waals surface area (Å²) in [5.74, 6) is -0.218. The first kappa shape index (κ1) is 12.1. The van der Waals surface area contributed by atoms with Gasteiger partial charge in [-0.1, -0.05) is 36.8 Å². The summed E-state index contributed by atoms with van der Waals surface area (Å²) in [4.78, 5) is 13.6. The predicted molar refractivity (Wildman–Crippen MR) is 68.4 cm³/mol. The van der Waals surface area contributed by atoms with E-state index in [4.69, 9.17) is 5.73 Å². The number of primary amides is 1. The van der Waals surface area contributed by atoms with Gasteiger partial charge in [0.15, 0.2) is 0 Å². The van der Waals surface area contributed by atoms with Crippen LogP contribution in [0.3, 0.4) is 0 Å². The van der Waals surface area contributed by atoms with Gasteiger partial charge in [-0.15, -0.1) is 0 Å². The lowest BCUT2D eigenvalue weighted by Gasteiger charge is -2.34. The van der Waals surface area contributed by atoms with Crippen LogP contribution in [0.25, 0.3) is 0 Å². The van der Waals surface area contributed by atoms with Crippen molar-refractivity contribution in [2.24, 2.45) is 5.73 Å². The fraction of sp³-hybridized carbons (Fsp3) is 0.500. The Morgan fingerprint density at radius 3 is 2.41 bits per heavy atom. The van der Waals surface area contributed by atoms with Crippen LogP contribution in [0, 0.1) is 0 Å². The van der Waals surface area contributed by atoms with Crippen molar-refractivity contribution in [3.05, 3.63) is 35.9 Å². The van der Waals surface area contributed by atoms with Crippen LogP contribution in [0.5, 0.6) is 0 Å². The first-order valence-corrected chi connectivity index (χ1v) is 6.34. The van der Waals surface area contributed by atoms with Gasteiger partial charge in [-0.05, 0) is 31.5 Å². The van der Waals surface area contributed by atoms with Gasteiger partial charge in [0.25, 0.3) is 0 Å². The Morgan fingerprint density at radius 2 is 1.82 bits per heavy atom. The Kier molecular flexibility index (Phi) is 4.15. The molecule has 17 heavy (non-hydrogen) atoms. The number of carbonyl (C=O) groups is 1. The first-order chi connectivity index (χ1) is 8.27. The summed E-state index contributed by atoms with van der Waals surface area (Å²) in [5.41, 5.74) is 6.57. The van der Waals surface area contributed by atoms with E-state index in [2.05, 4.69) is 17.0 Å². The quantitative estimate of drug-likeness (QED) is 0.864. The van der Waals surface area contributed by atoms with Crippen molar-refractivity contribution in [3.8, 4) is 0 Å². The minimum absolute atomic E-state index is 0.161. The number of hydrogen-bond donors (Lipinski definition) is 1. The molecule has 1 unspecified atom stereocenters. The van der Waals surface area contributed by atoms with Crippen molar-refractivity contribution >= 4 is 5.91 Å². The number of carbonyl (C=O) groups excluding carboxylic acids is 1. The van der Waals surface area contributed by atoms with Crippen molar-refractivity contribution in [1.82, 2.24) is 4.90 Å².